The number of allylic oxidation sites excluding steroid dienone is 1. The van der Waals surface area contributed by atoms with Gasteiger partial charge in [0.15, 0.2) is 5.78 Å². The number of carbonyl (C=O) groups is 3. The highest BCUT2D eigenvalue weighted by Crippen LogP contribution is 2.40. The number of para-hydroxylation sites is 2. The molecule has 1 aromatic heterocycles. The van der Waals surface area contributed by atoms with Gasteiger partial charge in [0.2, 0.25) is 11.8 Å². The van der Waals surface area contributed by atoms with Crippen LogP contribution in [0.5, 0.6) is 0 Å². The van der Waals surface area contributed by atoms with Gasteiger partial charge in [-0.25, -0.2) is 0 Å². The number of anilines is 3. The Morgan fingerprint density at radius 2 is 1.68 bits per heavy atom. The van der Waals surface area contributed by atoms with Crippen LogP contribution < -0.4 is 20.4 Å². The van der Waals surface area contributed by atoms with Crippen LogP contribution in [0.2, 0.25) is 0 Å². The van der Waals surface area contributed by atoms with Crippen LogP contribution in [0.4, 0.5) is 17.1 Å². The van der Waals surface area contributed by atoms with E-state index >= 15 is 0 Å². The number of aromatic nitrogens is 1. The number of Topliss-reactive ketones (excluding diaryl/α,β-unsaturated/α-hetero) is 1. The SMILES string of the molecule is CN1C(=C(C#N)C(=O)CCC(=O)NCC(=O)Nc2cccnc2)N(C)c2ccccc21. The highest BCUT2D eigenvalue weighted by Gasteiger charge is 2.31. The van der Waals surface area contributed by atoms with Gasteiger partial charge in [0.1, 0.15) is 17.5 Å². The van der Waals surface area contributed by atoms with Gasteiger partial charge in [-0.1, -0.05) is 12.1 Å². The molecule has 0 unspecified atom stereocenters. The minimum atomic E-state index is -0.451. The second-order valence-electron chi connectivity index (χ2n) is 6.91. The minimum Gasteiger partial charge on any atom is -0.347 e. The molecule has 9 heteroatoms. The lowest BCUT2D eigenvalue weighted by Gasteiger charge is -2.19. The molecular formula is C22H22N6O3. The van der Waals surface area contributed by atoms with Crippen molar-refractivity contribution in [3.8, 4) is 6.07 Å². The third-order valence-electron chi connectivity index (χ3n) is 4.82. The summed E-state index contributed by atoms with van der Waals surface area (Å²) in [5.74, 6) is -0.809. The van der Waals surface area contributed by atoms with Gasteiger partial charge in [-0.15, -0.1) is 0 Å². The average Bonchev–Trinajstić information content (AvgIpc) is 3.03. The number of fused-ring (bicyclic) bond motifs is 1. The number of hydrogen-bond acceptors (Lipinski definition) is 7. The number of rotatable bonds is 7. The normalized spacial score (nSPS) is 12.1. The molecule has 0 atom stereocenters. The summed E-state index contributed by atoms with van der Waals surface area (Å²) >= 11 is 0. The molecule has 2 N–H and O–H groups in total. The second-order valence-corrected chi connectivity index (χ2v) is 6.91. The van der Waals surface area contributed by atoms with Crippen LogP contribution in [-0.2, 0) is 14.4 Å². The van der Waals surface area contributed by atoms with Gasteiger partial charge in [0, 0.05) is 33.1 Å². The lowest BCUT2D eigenvalue weighted by Crippen LogP contribution is -2.33. The lowest BCUT2D eigenvalue weighted by molar-refractivity contribution is -0.125. The summed E-state index contributed by atoms with van der Waals surface area (Å²) in [6.45, 7) is -0.227. The second kappa shape index (κ2) is 9.54. The minimum absolute atomic E-state index is 0.0108. The zero-order valence-corrected chi connectivity index (χ0v) is 17.3. The number of amides is 2. The number of carbonyl (C=O) groups excluding carboxylic acids is 3. The third kappa shape index (κ3) is 4.87. The summed E-state index contributed by atoms with van der Waals surface area (Å²) < 4.78 is 0. The molecule has 2 amide bonds. The van der Waals surface area contributed by atoms with Crippen molar-refractivity contribution in [2.45, 2.75) is 12.8 Å². The average molecular weight is 418 g/mol. The fourth-order valence-electron chi connectivity index (χ4n) is 3.32. The Hall–Kier alpha value is -4.19. The van der Waals surface area contributed by atoms with Gasteiger partial charge in [0.25, 0.3) is 0 Å². The molecule has 1 aliphatic rings. The summed E-state index contributed by atoms with van der Waals surface area (Å²) in [6.07, 6.45) is 2.81. The van der Waals surface area contributed by atoms with E-state index in [1.54, 1.807) is 42.2 Å². The molecule has 0 fully saturated rings. The van der Waals surface area contributed by atoms with Gasteiger partial charge in [-0.05, 0) is 24.3 Å². The van der Waals surface area contributed by atoms with Crippen molar-refractivity contribution in [1.82, 2.24) is 10.3 Å². The summed E-state index contributed by atoms with van der Waals surface area (Å²) in [4.78, 5) is 44.1. The first kappa shape index (κ1) is 21.5. The van der Waals surface area contributed by atoms with E-state index in [2.05, 4.69) is 15.6 Å². The number of hydrogen-bond donors (Lipinski definition) is 2. The number of nitriles is 1. The molecule has 0 bridgehead atoms. The number of nitrogens with zero attached hydrogens (tertiary/aromatic N) is 4. The van der Waals surface area contributed by atoms with Crippen molar-refractivity contribution in [3.05, 3.63) is 60.2 Å². The quantitative estimate of drug-likeness (QED) is 0.520. The largest absolute Gasteiger partial charge is 0.347 e. The molecule has 158 valence electrons. The Morgan fingerprint density at radius 3 is 2.26 bits per heavy atom. The highest BCUT2D eigenvalue weighted by atomic mass is 16.2. The van der Waals surface area contributed by atoms with Crippen LogP contribution in [0, 0.1) is 11.3 Å². The molecular weight excluding hydrogens is 396 g/mol. The summed E-state index contributed by atoms with van der Waals surface area (Å²) in [7, 11) is 3.58. The Kier molecular flexibility index (Phi) is 6.62. The molecule has 0 radical (unpaired) electrons. The van der Waals surface area contributed by atoms with Crippen molar-refractivity contribution < 1.29 is 14.4 Å². The number of pyridine rings is 1. The first-order valence-electron chi connectivity index (χ1n) is 9.63. The fraction of sp³-hybridized carbons (Fsp3) is 0.227. The maximum absolute atomic E-state index is 12.7. The third-order valence-corrected chi connectivity index (χ3v) is 4.82. The molecule has 31 heavy (non-hydrogen) atoms. The lowest BCUT2D eigenvalue weighted by atomic mass is 10.1. The standard InChI is InChI=1S/C22H22N6O3/c1-27-17-7-3-4-8-18(17)28(2)22(27)16(12-23)19(29)9-10-20(30)25-14-21(31)26-15-6-5-11-24-13-15/h3-8,11,13H,9-10,14H2,1-2H3,(H,25,30)(H,26,31). The Morgan fingerprint density at radius 1 is 1.00 bits per heavy atom. The van der Waals surface area contributed by atoms with Crippen molar-refractivity contribution in [2.75, 3.05) is 35.8 Å². The van der Waals surface area contributed by atoms with E-state index in [1.165, 1.54) is 6.20 Å². The zero-order valence-electron chi connectivity index (χ0n) is 17.3. The molecule has 1 aromatic carbocycles. The van der Waals surface area contributed by atoms with Crippen molar-refractivity contribution in [2.24, 2.45) is 0 Å². The molecule has 1 aliphatic heterocycles. The van der Waals surface area contributed by atoms with E-state index in [0.29, 0.717) is 11.5 Å². The van der Waals surface area contributed by atoms with Gasteiger partial charge < -0.3 is 20.4 Å². The Labute approximate surface area is 180 Å². The van der Waals surface area contributed by atoms with E-state index in [1.807, 2.05) is 30.3 Å². The fourth-order valence-corrected chi connectivity index (χ4v) is 3.32. The summed E-state index contributed by atoms with van der Waals surface area (Å²) in [5.41, 5.74) is 2.28. The Bertz CT molecular complexity index is 1040. The van der Waals surface area contributed by atoms with E-state index in [0.717, 1.165) is 11.4 Å². The summed E-state index contributed by atoms with van der Waals surface area (Å²) in [6, 6.07) is 12.9. The monoisotopic (exact) mass is 418 g/mol. The number of ketones is 1. The van der Waals surface area contributed by atoms with E-state index in [9.17, 15) is 19.6 Å². The van der Waals surface area contributed by atoms with Crippen LogP contribution in [0.25, 0.3) is 0 Å². The van der Waals surface area contributed by atoms with Crippen molar-refractivity contribution in [1.29, 1.82) is 5.26 Å². The van der Waals surface area contributed by atoms with Gasteiger partial charge in [0.05, 0.1) is 29.8 Å². The molecule has 2 aromatic rings. The smallest absolute Gasteiger partial charge is 0.243 e. The van der Waals surface area contributed by atoms with Crippen molar-refractivity contribution >= 4 is 34.7 Å². The maximum Gasteiger partial charge on any atom is 0.243 e. The molecule has 9 nitrogen and oxygen atoms in total. The molecule has 2 heterocycles. The van der Waals surface area contributed by atoms with Crippen LogP contribution in [0.3, 0.4) is 0 Å². The van der Waals surface area contributed by atoms with Gasteiger partial charge in [-0.2, -0.15) is 5.26 Å². The zero-order chi connectivity index (χ0) is 22.4. The summed E-state index contributed by atoms with van der Waals surface area (Å²) in [5, 5.41) is 14.7. The molecule has 0 saturated carbocycles. The maximum atomic E-state index is 12.7. The van der Waals surface area contributed by atoms with E-state index < -0.39 is 17.6 Å². The van der Waals surface area contributed by atoms with Crippen LogP contribution in [0.15, 0.2) is 60.2 Å². The number of benzene rings is 1. The van der Waals surface area contributed by atoms with E-state index in [-0.39, 0.29) is 25.0 Å². The molecule has 0 saturated heterocycles. The topological polar surface area (TPSA) is 118 Å². The van der Waals surface area contributed by atoms with E-state index in [4.69, 9.17) is 0 Å². The van der Waals surface area contributed by atoms with Crippen molar-refractivity contribution in [3.63, 3.8) is 0 Å². The highest BCUT2D eigenvalue weighted by molar-refractivity contribution is 6.04. The predicted octanol–water partition coefficient (Wildman–Crippen LogP) is 1.81. The predicted molar refractivity (Wildman–Crippen MR) is 116 cm³/mol. The van der Waals surface area contributed by atoms with Crippen LogP contribution in [0.1, 0.15) is 12.8 Å². The number of nitrogens with one attached hydrogen (secondary N) is 2. The van der Waals surface area contributed by atoms with Crippen LogP contribution in [-0.4, -0.2) is 43.2 Å². The molecule has 3 rings (SSSR count). The molecule has 0 aliphatic carbocycles. The first-order valence-corrected chi connectivity index (χ1v) is 9.63. The van der Waals surface area contributed by atoms with Crippen LogP contribution >= 0.6 is 0 Å². The molecule has 0 spiro atoms. The van der Waals surface area contributed by atoms with Gasteiger partial charge >= 0.3 is 0 Å². The Balaban J connectivity index is 1.56. The first-order chi connectivity index (χ1) is 14.9. The van der Waals surface area contributed by atoms with Gasteiger partial charge in [-0.3, -0.25) is 19.4 Å².